The summed E-state index contributed by atoms with van der Waals surface area (Å²) in [6, 6.07) is 12.1. The predicted octanol–water partition coefficient (Wildman–Crippen LogP) is 7.25. The minimum atomic E-state index is -4.38. The lowest BCUT2D eigenvalue weighted by molar-refractivity contribution is -0.137. The summed E-state index contributed by atoms with van der Waals surface area (Å²) in [5.41, 5.74) is 3.33. The van der Waals surface area contributed by atoms with Crippen LogP contribution in [0.2, 0.25) is 5.02 Å². The molecule has 34 heavy (non-hydrogen) atoms. The first-order valence-corrected chi connectivity index (χ1v) is 11.4. The Kier molecular flexibility index (Phi) is 8.56. The molecule has 8 heteroatoms. The summed E-state index contributed by atoms with van der Waals surface area (Å²) in [5, 5.41) is 7.31. The second-order valence-electron chi connectivity index (χ2n) is 8.03. The van der Waals surface area contributed by atoms with Crippen molar-refractivity contribution in [3.05, 3.63) is 93.3 Å². The number of aryl methyl sites for hydroxylation is 1. The Morgan fingerprint density at radius 1 is 1.15 bits per heavy atom. The number of amides is 1. The van der Waals surface area contributed by atoms with E-state index in [1.54, 1.807) is 0 Å². The number of carbonyl (C=O) groups excluding carboxylic acids is 1. The van der Waals surface area contributed by atoms with Crippen LogP contribution in [-0.4, -0.2) is 17.6 Å². The minimum absolute atomic E-state index is 0.125. The van der Waals surface area contributed by atoms with E-state index in [9.17, 15) is 18.0 Å². The lowest BCUT2D eigenvalue weighted by Crippen LogP contribution is -2.25. The van der Waals surface area contributed by atoms with Crippen LogP contribution >= 0.6 is 11.6 Å². The number of hydrogen-bond donors (Lipinski definition) is 1. The monoisotopic (exact) mass is 490 g/mol. The fourth-order valence-electron chi connectivity index (χ4n) is 3.52. The number of aromatic nitrogens is 1. The number of carbonyl (C=O) groups is 1. The molecule has 0 aliphatic rings. The molecule has 1 aromatic heterocycles. The molecule has 1 N–H and O–H groups in total. The first-order valence-electron chi connectivity index (χ1n) is 11.0. The van der Waals surface area contributed by atoms with E-state index in [1.165, 1.54) is 18.2 Å². The highest BCUT2D eigenvalue weighted by atomic mass is 35.5. The minimum Gasteiger partial charge on any atom is -0.360 e. The Hall–Kier alpha value is -3.06. The van der Waals surface area contributed by atoms with Crippen molar-refractivity contribution in [1.29, 1.82) is 0 Å². The van der Waals surface area contributed by atoms with E-state index in [4.69, 9.17) is 16.1 Å². The van der Waals surface area contributed by atoms with E-state index in [0.29, 0.717) is 29.3 Å². The van der Waals surface area contributed by atoms with Crippen molar-refractivity contribution in [2.24, 2.45) is 0 Å². The third-order valence-electron chi connectivity index (χ3n) is 5.36. The standard InChI is InChI=1S/C26H26ClF3N2O2/c1-3-4-5-19(23-15-21(27)11-6-17(23)2)12-13-31-25(33)24-16-22(34-32-24)14-18-7-9-20(10-8-18)26(28,29)30/h5-11,15-16H,3-4,12-14H2,1-2H3,(H,31,33)/b19-5-. The molecule has 0 radical (unpaired) electrons. The number of alkyl halides is 3. The van der Waals surface area contributed by atoms with E-state index in [2.05, 4.69) is 23.5 Å². The van der Waals surface area contributed by atoms with E-state index in [-0.39, 0.29) is 18.0 Å². The molecule has 1 amide bonds. The molecule has 0 fully saturated rings. The van der Waals surface area contributed by atoms with Crippen LogP contribution in [0.3, 0.4) is 0 Å². The zero-order valence-corrected chi connectivity index (χ0v) is 19.8. The van der Waals surface area contributed by atoms with Gasteiger partial charge < -0.3 is 9.84 Å². The van der Waals surface area contributed by atoms with Gasteiger partial charge in [0, 0.05) is 24.1 Å². The first-order chi connectivity index (χ1) is 16.2. The molecule has 0 aliphatic heterocycles. The summed E-state index contributed by atoms with van der Waals surface area (Å²) >= 11 is 6.18. The van der Waals surface area contributed by atoms with Crippen LogP contribution in [0.25, 0.3) is 5.57 Å². The summed E-state index contributed by atoms with van der Waals surface area (Å²) in [7, 11) is 0. The summed E-state index contributed by atoms with van der Waals surface area (Å²) in [4.78, 5) is 12.5. The fraction of sp³-hybridized carbons (Fsp3) is 0.308. The van der Waals surface area contributed by atoms with Crippen LogP contribution in [0.4, 0.5) is 13.2 Å². The molecule has 0 spiro atoms. The van der Waals surface area contributed by atoms with Crippen molar-refractivity contribution in [2.75, 3.05) is 6.54 Å². The molecule has 2 aromatic carbocycles. The van der Waals surface area contributed by atoms with Gasteiger partial charge in [-0.25, -0.2) is 0 Å². The molecule has 1 heterocycles. The molecule has 180 valence electrons. The molecule has 0 bridgehead atoms. The SMILES string of the molecule is CCC/C=C(/CCNC(=O)c1cc(Cc2ccc(C(F)(F)F)cc2)on1)c1cc(Cl)ccc1C. The Balaban J connectivity index is 1.59. The normalized spacial score (nSPS) is 12.1. The summed E-state index contributed by atoms with van der Waals surface area (Å²) in [6.45, 7) is 4.53. The third kappa shape index (κ3) is 6.97. The average Bonchev–Trinajstić information content (AvgIpc) is 3.26. The quantitative estimate of drug-likeness (QED) is 0.343. The maximum atomic E-state index is 12.7. The van der Waals surface area contributed by atoms with E-state index < -0.39 is 11.7 Å². The van der Waals surface area contributed by atoms with Crippen LogP contribution in [0.5, 0.6) is 0 Å². The number of nitrogens with one attached hydrogen (secondary N) is 1. The smallest absolute Gasteiger partial charge is 0.360 e. The highest BCUT2D eigenvalue weighted by molar-refractivity contribution is 6.30. The van der Waals surface area contributed by atoms with E-state index in [0.717, 1.165) is 41.7 Å². The molecule has 0 saturated carbocycles. The van der Waals surface area contributed by atoms with Crippen LogP contribution in [-0.2, 0) is 12.6 Å². The van der Waals surface area contributed by atoms with Crippen LogP contribution in [0.15, 0.2) is 59.1 Å². The largest absolute Gasteiger partial charge is 0.416 e. The van der Waals surface area contributed by atoms with Crippen molar-refractivity contribution in [1.82, 2.24) is 10.5 Å². The van der Waals surface area contributed by atoms with Gasteiger partial charge >= 0.3 is 6.18 Å². The first kappa shape index (κ1) is 25.6. The second-order valence-corrected chi connectivity index (χ2v) is 8.47. The summed E-state index contributed by atoms with van der Waals surface area (Å²) in [6.07, 6.45) is 0.581. The van der Waals surface area contributed by atoms with Gasteiger partial charge in [0.05, 0.1) is 5.56 Å². The van der Waals surface area contributed by atoms with Gasteiger partial charge in [-0.15, -0.1) is 0 Å². The molecule has 0 aliphatic carbocycles. The molecule has 3 rings (SSSR count). The Morgan fingerprint density at radius 2 is 1.88 bits per heavy atom. The Labute approximate surface area is 201 Å². The van der Waals surface area contributed by atoms with Gasteiger partial charge in [-0.05, 0) is 66.3 Å². The maximum absolute atomic E-state index is 12.7. The van der Waals surface area contributed by atoms with Crippen LogP contribution in [0, 0.1) is 6.92 Å². The topological polar surface area (TPSA) is 55.1 Å². The van der Waals surface area contributed by atoms with Gasteiger partial charge in [0.1, 0.15) is 5.76 Å². The van der Waals surface area contributed by atoms with Gasteiger partial charge in [-0.2, -0.15) is 13.2 Å². The molecule has 0 saturated heterocycles. The number of hydrogen-bond acceptors (Lipinski definition) is 3. The Morgan fingerprint density at radius 3 is 2.56 bits per heavy atom. The fourth-order valence-corrected chi connectivity index (χ4v) is 3.69. The number of rotatable bonds is 9. The van der Waals surface area contributed by atoms with Gasteiger partial charge in [0.2, 0.25) is 0 Å². The number of unbranched alkanes of at least 4 members (excludes halogenated alkanes) is 1. The van der Waals surface area contributed by atoms with E-state index in [1.807, 2.05) is 25.1 Å². The van der Waals surface area contributed by atoms with Crippen molar-refractivity contribution in [3.8, 4) is 0 Å². The maximum Gasteiger partial charge on any atom is 0.416 e. The van der Waals surface area contributed by atoms with Crippen molar-refractivity contribution < 1.29 is 22.5 Å². The molecular formula is C26H26ClF3N2O2. The zero-order valence-electron chi connectivity index (χ0n) is 19.0. The summed E-state index contributed by atoms with van der Waals surface area (Å²) in [5.74, 6) is 0.0167. The third-order valence-corrected chi connectivity index (χ3v) is 5.59. The van der Waals surface area contributed by atoms with Gasteiger partial charge in [0.25, 0.3) is 5.91 Å². The molecular weight excluding hydrogens is 465 g/mol. The van der Waals surface area contributed by atoms with Gasteiger partial charge in [-0.1, -0.05) is 54.4 Å². The summed E-state index contributed by atoms with van der Waals surface area (Å²) < 4.78 is 43.3. The van der Waals surface area contributed by atoms with Crippen LogP contribution < -0.4 is 5.32 Å². The van der Waals surface area contributed by atoms with Crippen LogP contribution in [0.1, 0.15) is 64.7 Å². The molecule has 4 nitrogen and oxygen atoms in total. The molecule has 3 aromatic rings. The number of nitrogens with zero attached hydrogens (tertiary/aromatic N) is 1. The van der Waals surface area contributed by atoms with Crippen molar-refractivity contribution in [2.45, 2.75) is 45.7 Å². The molecule has 0 atom stereocenters. The average molecular weight is 491 g/mol. The number of benzene rings is 2. The lowest BCUT2D eigenvalue weighted by Gasteiger charge is -2.12. The van der Waals surface area contributed by atoms with Crippen molar-refractivity contribution in [3.63, 3.8) is 0 Å². The number of allylic oxidation sites excluding steroid dienone is 1. The lowest BCUT2D eigenvalue weighted by atomic mass is 9.96. The number of halogens is 4. The predicted molar refractivity (Wildman–Crippen MR) is 127 cm³/mol. The highest BCUT2D eigenvalue weighted by Crippen LogP contribution is 2.29. The van der Waals surface area contributed by atoms with Gasteiger partial charge in [0.15, 0.2) is 5.69 Å². The second kappa shape index (κ2) is 11.4. The molecule has 0 unspecified atom stereocenters. The van der Waals surface area contributed by atoms with E-state index >= 15 is 0 Å². The van der Waals surface area contributed by atoms with Gasteiger partial charge in [-0.3, -0.25) is 4.79 Å². The highest BCUT2D eigenvalue weighted by Gasteiger charge is 2.30. The zero-order chi connectivity index (χ0) is 24.7. The Bertz CT molecular complexity index is 1150. The van der Waals surface area contributed by atoms with Crippen molar-refractivity contribution >= 4 is 23.1 Å².